The predicted octanol–water partition coefficient (Wildman–Crippen LogP) is 1.63. The van der Waals surface area contributed by atoms with E-state index in [1.165, 1.54) is 6.20 Å². The minimum Gasteiger partial charge on any atom is -0.489 e. The first-order valence-electron chi connectivity index (χ1n) is 4.53. The number of nitrogens with zero attached hydrogens (tertiary/aromatic N) is 1. The molecule has 4 nitrogen and oxygen atoms in total. The van der Waals surface area contributed by atoms with Crippen molar-refractivity contribution in [1.29, 1.82) is 0 Å². The van der Waals surface area contributed by atoms with Crippen LogP contribution in [-0.2, 0) is 0 Å². The second kappa shape index (κ2) is 3.29. The molecule has 1 N–H and O–H groups in total. The van der Waals surface area contributed by atoms with Crippen LogP contribution < -0.4 is 4.74 Å². The Kier molecular flexibility index (Phi) is 2.11. The molecule has 1 fully saturated rings. The minimum atomic E-state index is -0.989. The summed E-state index contributed by atoms with van der Waals surface area (Å²) in [5.41, 5.74) is 0.925. The molecule has 0 saturated heterocycles. The van der Waals surface area contributed by atoms with E-state index in [0.29, 0.717) is 5.75 Å². The van der Waals surface area contributed by atoms with Gasteiger partial charge in [0.2, 0.25) is 0 Å². The van der Waals surface area contributed by atoms with Gasteiger partial charge in [0.1, 0.15) is 11.3 Å². The lowest BCUT2D eigenvalue weighted by Crippen LogP contribution is -2.06. The topological polar surface area (TPSA) is 59.4 Å². The summed E-state index contributed by atoms with van der Waals surface area (Å²) in [7, 11) is 0. The van der Waals surface area contributed by atoms with Gasteiger partial charge in [0.05, 0.1) is 6.10 Å². The highest BCUT2D eigenvalue weighted by molar-refractivity contribution is 5.90. The second-order valence-electron chi connectivity index (χ2n) is 3.46. The first-order chi connectivity index (χ1) is 6.68. The Bertz CT molecular complexity index is 372. The molecule has 1 saturated carbocycles. The number of ether oxygens (including phenoxy) is 1. The standard InChI is InChI=1S/C10H11NO3/c1-6-4-11-5-8(10(12)13)9(6)14-7-2-3-7/h4-5,7H,2-3H2,1H3,(H,12,13). The van der Waals surface area contributed by atoms with Crippen LogP contribution in [0.1, 0.15) is 28.8 Å². The SMILES string of the molecule is Cc1cncc(C(=O)O)c1OC1CC1. The summed E-state index contributed by atoms with van der Waals surface area (Å²) < 4.78 is 5.53. The number of rotatable bonds is 3. The zero-order valence-corrected chi connectivity index (χ0v) is 7.86. The van der Waals surface area contributed by atoms with Crippen LogP contribution >= 0.6 is 0 Å². The van der Waals surface area contributed by atoms with Gasteiger partial charge < -0.3 is 9.84 Å². The summed E-state index contributed by atoms with van der Waals surface area (Å²) in [5.74, 6) is -0.521. The third-order valence-electron chi connectivity index (χ3n) is 2.11. The normalized spacial score (nSPS) is 15.2. The number of carboxylic acids is 1. The average molecular weight is 193 g/mol. The number of pyridine rings is 1. The summed E-state index contributed by atoms with van der Waals surface area (Å²) in [6.45, 7) is 1.80. The Morgan fingerprint density at radius 3 is 2.86 bits per heavy atom. The van der Waals surface area contributed by atoms with Gasteiger partial charge in [-0.15, -0.1) is 0 Å². The van der Waals surface area contributed by atoms with Crippen molar-refractivity contribution in [3.63, 3.8) is 0 Å². The first kappa shape index (κ1) is 8.99. The number of hydrogen-bond donors (Lipinski definition) is 1. The molecule has 0 spiro atoms. The number of carbonyl (C=O) groups is 1. The van der Waals surface area contributed by atoms with Crippen molar-refractivity contribution < 1.29 is 14.6 Å². The molecule has 0 bridgehead atoms. The number of aromatic nitrogens is 1. The number of aryl methyl sites for hydroxylation is 1. The summed E-state index contributed by atoms with van der Waals surface area (Å²) in [4.78, 5) is 14.7. The summed E-state index contributed by atoms with van der Waals surface area (Å²) >= 11 is 0. The first-order valence-corrected chi connectivity index (χ1v) is 4.53. The largest absolute Gasteiger partial charge is 0.489 e. The highest BCUT2D eigenvalue weighted by Crippen LogP contribution is 2.31. The second-order valence-corrected chi connectivity index (χ2v) is 3.46. The van der Waals surface area contributed by atoms with Crippen LogP contribution in [0.15, 0.2) is 12.4 Å². The molecule has 1 heterocycles. The molecule has 0 amide bonds. The van der Waals surface area contributed by atoms with Crippen LogP contribution in [0.25, 0.3) is 0 Å². The Balaban J connectivity index is 2.36. The van der Waals surface area contributed by atoms with Crippen molar-refractivity contribution in [2.75, 3.05) is 0 Å². The maximum absolute atomic E-state index is 10.9. The predicted molar refractivity (Wildman–Crippen MR) is 49.6 cm³/mol. The fourth-order valence-electron chi connectivity index (χ4n) is 1.21. The van der Waals surface area contributed by atoms with Gasteiger partial charge in [0.15, 0.2) is 0 Å². The molecule has 74 valence electrons. The molecule has 0 aliphatic heterocycles. The van der Waals surface area contributed by atoms with Gasteiger partial charge in [-0.05, 0) is 19.8 Å². The molecule has 1 aliphatic rings. The van der Waals surface area contributed by atoms with Gasteiger partial charge in [0, 0.05) is 18.0 Å². The molecule has 2 rings (SSSR count). The van der Waals surface area contributed by atoms with Crippen LogP contribution in [0.4, 0.5) is 0 Å². The molecule has 14 heavy (non-hydrogen) atoms. The van der Waals surface area contributed by atoms with Crippen molar-refractivity contribution in [3.8, 4) is 5.75 Å². The van der Waals surface area contributed by atoms with Crippen LogP contribution in [0, 0.1) is 6.92 Å². The zero-order valence-electron chi connectivity index (χ0n) is 7.86. The summed E-state index contributed by atoms with van der Waals surface area (Å²) in [6.07, 6.45) is 5.17. The van der Waals surface area contributed by atoms with Crippen LogP contribution in [0.2, 0.25) is 0 Å². The van der Waals surface area contributed by atoms with E-state index in [9.17, 15) is 4.79 Å². The Morgan fingerprint density at radius 1 is 1.57 bits per heavy atom. The molecule has 0 aromatic carbocycles. The van der Waals surface area contributed by atoms with Crippen LogP contribution in [0.3, 0.4) is 0 Å². The van der Waals surface area contributed by atoms with Gasteiger partial charge in [-0.3, -0.25) is 4.98 Å². The van der Waals surface area contributed by atoms with E-state index < -0.39 is 5.97 Å². The van der Waals surface area contributed by atoms with Gasteiger partial charge in [-0.2, -0.15) is 0 Å². The Labute approximate surface area is 81.5 Å². The van der Waals surface area contributed by atoms with Crippen LogP contribution in [0.5, 0.6) is 5.75 Å². The molecule has 1 aromatic rings. The third kappa shape index (κ3) is 1.69. The molecule has 4 heteroatoms. The fourth-order valence-corrected chi connectivity index (χ4v) is 1.21. The van der Waals surface area contributed by atoms with Crippen molar-refractivity contribution in [2.24, 2.45) is 0 Å². The van der Waals surface area contributed by atoms with E-state index in [0.717, 1.165) is 18.4 Å². The lowest BCUT2D eigenvalue weighted by molar-refractivity contribution is 0.0691. The van der Waals surface area contributed by atoms with Crippen LogP contribution in [-0.4, -0.2) is 22.2 Å². The Morgan fingerprint density at radius 2 is 2.29 bits per heavy atom. The quantitative estimate of drug-likeness (QED) is 0.792. The lowest BCUT2D eigenvalue weighted by atomic mass is 10.2. The summed E-state index contributed by atoms with van der Waals surface area (Å²) in [5, 5.41) is 8.90. The van der Waals surface area contributed by atoms with E-state index in [1.807, 2.05) is 0 Å². The highest BCUT2D eigenvalue weighted by atomic mass is 16.5. The van der Waals surface area contributed by atoms with Crippen molar-refractivity contribution in [2.45, 2.75) is 25.9 Å². The van der Waals surface area contributed by atoms with Gasteiger partial charge in [0.25, 0.3) is 0 Å². The lowest BCUT2D eigenvalue weighted by Gasteiger charge is -2.09. The smallest absolute Gasteiger partial charge is 0.341 e. The molecule has 1 aromatic heterocycles. The van der Waals surface area contributed by atoms with Crippen molar-refractivity contribution in [3.05, 3.63) is 23.5 Å². The van der Waals surface area contributed by atoms with E-state index in [1.54, 1.807) is 13.1 Å². The zero-order chi connectivity index (χ0) is 10.1. The van der Waals surface area contributed by atoms with E-state index in [4.69, 9.17) is 9.84 Å². The maximum atomic E-state index is 10.9. The number of aromatic carboxylic acids is 1. The third-order valence-corrected chi connectivity index (χ3v) is 2.11. The van der Waals surface area contributed by atoms with E-state index >= 15 is 0 Å². The molecular weight excluding hydrogens is 182 g/mol. The highest BCUT2D eigenvalue weighted by Gasteiger charge is 2.26. The van der Waals surface area contributed by atoms with Gasteiger partial charge in [-0.1, -0.05) is 0 Å². The maximum Gasteiger partial charge on any atom is 0.341 e. The fraction of sp³-hybridized carbons (Fsp3) is 0.400. The van der Waals surface area contributed by atoms with E-state index in [-0.39, 0.29) is 11.7 Å². The summed E-state index contributed by atoms with van der Waals surface area (Å²) in [6, 6.07) is 0. The van der Waals surface area contributed by atoms with E-state index in [2.05, 4.69) is 4.98 Å². The van der Waals surface area contributed by atoms with Gasteiger partial charge in [-0.25, -0.2) is 4.79 Å². The monoisotopic (exact) mass is 193 g/mol. The molecule has 0 radical (unpaired) electrons. The van der Waals surface area contributed by atoms with Crippen molar-refractivity contribution in [1.82, 2.24) is 4.98 Å². The number of carboxylic acid groups (broad SMARTS) is 1. The average Bonchev–Trinajstić information content (AvgIpc) is 2.91. The molecule has 0 unspecified atom stereocenters. The number of hydrogen-bond acceptors (Lipinski definition) is 3. The minimum absolute atomic E-state index is 0.150. The molecule has 0 atom stereocenters. The molecular formula is C10H11NO3. The Hall–Kier alpha value is -1.58. The van der Waals surface area contributed by atoms with Crippen molar-refractivity contribution >= 4 is 5.97 Å². The molecule has 1 aliphatic carbocycles. The van der Waals surface area contributed by atoms with Gasteiger partial charge >= 0.3 is 5.97 Å².